The molecule has 2 aliphatic rings. The zero-order chi connectivity index (χ0) is 19.6. The SMILES string of the molecule is O=C(NCCCN1CCc2ccccc2C1)c1cc2c(s1)-c1ccccc1SC2. The van der Waals surface area contributed by atoms with Crippen molar-refractivity contribution in [1.29, 1.82) is 0 Å². The van der Waals surface area contributed by atoms with Crippen molar-refractivity contribution in [3.63, 3.8) is 0 Å². The summed E-state index contributed by atoms with van der Waals surface area (Å²) in [6, 6.07) is 19.3. The summed E-state index contributed by atoms with van der Waals surface area (Å²) in [5.41, 5.74) is 5.49. The number of carbonyl (C=O) groups is 1. The molecule has 29 heavy (non-hydrogen) atoms. The molecule has 5 rings (SSSR count). The van der Waals surface area contributed by atoms with Gasteiger partial charge in [-0.3, -0.25) is 9.69 Å². The van der Waals surface area contributed by atoms with Gasteiger partial charge in [0.05, 0.1) is 4.88 Å². The summed E-state index contributed by atoms with van der Waals surface area (Å²) >= 11 is 3.49. The minimum Gasteiger partial charge on any atom is -0.351 e. The molecule has 0 fully saturated rings. The standard InChI is InChI=1S/C24H24N2OS2/c27-24(22-14-19-16-28-21-9-4-3-8-20(21)23(19)29-22)25-11-5-12-26-13-10-17-6-1-2-7-18(17)15-26/h1-4,6-9,14H,5,10-13,15-16H2,(H,25,27). The fourth-order valence-electron chi connectivity index (χ4n) is 4.15. The summed E-state index contributed by atoms with van der Waals surface area (Å²) in [4.78, 5) is 18.6. The van der Waals surface area contributed by atoms with Gasteiger partial charge in [-0.05, 0) is 41.7 Å². The van der Waals surface area contributed by atoms with Crippen LogP contribution in [0.4, 0.5) is 0 Å². The second-order valence-corrected chi connectivity index (χ2v) is 9.72. The highest BCUT2D eigenvalue weighted by atomic mass is 32.2. The van der Waals surface area contributed by atoms with Gasteiger partial charge in [0, 0.05) is 47.3 Å². The third kappa shape index (κ3) is 4.00. The molecule has 3 heterocycles. The van der Waals surface area contributed by atoms with Crippen molar-refractivity contribution in [2.45, 2.75) is 30.0 Å². The Kier molecular flexibility index (Phi) is 5.44. The van der Waals surface area contributed by atoms with Gasteiger partial charge in [-0.25, -0.2) is 0 Å². The second-order valence-electron chi connectivity index (χ2n) is 7.65. The smallest absolute Gasteiger partial charge is 0.261 e. The number of amides is 1. The maximum atomic E-state index is 12.7. The maximum Gasteiger partial charge on any atom is 0.261 e. The molecule has 5 heteroatoms. The Labute approximate surface area is 180 Å². The van der Waals surface area contributed by atoms with Crippen molar-refractivity contribution in [2.75, 3.05) is 19.6 Å². The first-order valence-electron chi connectivity index (χ1n) is 10.2. The molecule has 148 valence electrons. The molecule has 0 spiro atoms. The van der Waals surface area contributed by atoms with Crippen LogP contribution in [-0.2, 0) is 18.7 Å². The number of thiophene rings is 1. The lowest BCUT2D eigenvalue weighted by Crippen LogP contribution is -2.33. The molecule has 1 amide bonds. The van der Waals surface area contributed by atoms with E-state index in [2.05, 4.69) is 64.8 Å². The van der Waals surface area contributed by atoms with Gasteiger partial charge in [0.1, 0.15) is 0 Å². The zero-order valence-electron chi connectivity index (χ0n) is 16.3. The van der Waals surface area contributed by atoms with Gasteiger partial charge < -0.3 is 5.32 Å². The lowest BCUT2D eigenvalue weighted by Gasteiger charge is -2.28. The van der Waals surface area contributed by atoms with E-state index in [-0.39, 0.29) is 5.91 Å². The van der Waals surface area contributed by atoms with Gasteiger partial charge in [-0.1, -0.05) is 42.5 Å². The van der Waals surface area contributed by atoms with Crippen LogP contribution in [0.3, 0.4) is 0 Å². The van der Waals surface area contributed by atoms with Crippen LogP contribution in [0, 0.1) is 0 Å². The minimum atomic E-state index is 0.0656. The number of rotatable bonds is 5. The summed E-state index contributed by atoms with van der Waals surface area (Å²) in [6.07, 6.45) is 2.11. The Morgan fingerprint density at radius 3 is 2.79 bits per heavy atom. The van der Waals surface area contributed by atoms with E-state index in [4.69, 9.17) is 0 Å². The monoisotopic (exact) mass is 420 g/mol. The van der Waals surface area contributed by atoms with E-state index >= 15 is 0 Å². The van der Waals surface area contributed by atoms with Gasteiger partial charge in [0.2, 0.25) is 0 Å². The molecule has 2 aliphatic heterocycles. The fourth-order valence-corrected chi connectivity index (χ4v) is 6.48. The second kappa shape index (κ2) is 8.34. The van der Waals surface area contributed by atoms with Gasteiger partial charge in [0.25, 0.3) is 5.91 Å². The molecule has 3 nitrogen and oxygen atoms in total. The number of thioether (sulfide) groups is 1. The van der Waals surface area contributed by atoms with Crippen LogP contribution in [0.15, 0.2) is 59.5 Å². The maximum absolute atomic E-state index is 12.7. The highest BCUT2D eigenvalue weighted by Gasteiger charge is 2.22. The number of nitrogens with zero attached hydrogens (tertiary/aromatic N) is 1. The van der Waals surface area contributed by atoms with Crippen LogP contribution in [0.1, 0.15) is 32.8 Å². The Balaban J connectivity index is 1.14. The number of hydrogen-bond donors (Lipinski definition) is 1. The molecule has 0 radical (unpaired) electrons. The average molecular weight is 421 g/mol. The lowest BCUT2D eigenvalue weighted by atomic mass is 10.00. The normalized spacial score (nSPS) is 15.3. The summed E-state index contributed by atoms with van der Waals surface area (Å²) in [6.45, 7) is 3.89. The topological polar surface area (TPSA) is 32.3 Å². The van der Waals surface area contributed by atoms with Gasteiger partial charge in [-0.15, -0.1) is 23.1 Å². The Bertz CT molecular complexity index is 1040. The predicted molar refractivity (Wildman–Crippen MR) is 122 cm³/mol. The summed E-state index contributed by atoms with van der Waals surface area (Å²) in [5.74, 6) is 1.02. The van der Waals surface area contributed by atoms with E-state index < -0.39 is 0 Å². The summed E-state index contributed by atoms with van der Waals surface area (Å²) < 4.78 is 0. The van der Waals surface area contributed by atoms with Crippen LogP contribution in [0.5, 0.6) is 0 Å². The third-order valence-corrected chi connectivity index (χ3v) is 8.03. The van der Waals surface area contributed by atoms with Gasteiger partial charge in [0.15, 0.2) is 0 Å². The molecule has 3 aromatic rings. The number of fused-ring (bicyclic) bond motifs is 4. The molecule has 0 saturated carbocycles. The van der Waals surface area contributed by atoms with Gasteiger partial charge in [-0.2, -0.15) is 0 Å². The highest BCUT2D eigenvalue weighted by molar-refractivity contribution is 7.98. The molecular weight excluding hydrogens is 396 g/mol. The molecule has 1 N–H and O–H groups in total. The zero-order valence-corrected chi connectivity index (χ0v) is 18.0. The van der Waals surface area contributed by atoms with Crippen molar-refractivity contribution in [3.8, 4) is 10.4 Å². The van der Waals surface area contributed by atoms with Crippen molar-refractivity contribution in [1.82, 2.24) is 10.2 Å². The van der Waals surface area contributed by atoms with E-state index in [1.807, 2.05) is 11.8 Å². The number of nitrogens with one attached hydrogen (secondary N) is 1. The van der Waals surface area contributed by atoms with Crippen molar-refractivity contribution in [3.05, 3.63) is 76.2 Å². The van der Waals surface area contributed by atoms with Crippen LogP contribution >= 0.6 is 23.1 Å². The molecule has 0 unspecified atom stereocenters. The van der Waals surface area contributed by atoms with Crippen molar-refractivity contribution >= 4 is 29.0 Å². The van der Waals surface area contributed by atoms with Crippen LogP contribution in [-0.4, -0.2) is 30.4 Å². The first kappa shape index (κ1) is 18.9. The van der Waals surface area contributed by atoms with E-state index in [0.29, 0.717) is 0 Å². The lowest BCUT2D eigenvalue weighted by molar-refractivity contribution is 0.0955. The van der Waals surface area contributed by atoms with E-state index in [9.17, 15) is 4.79 Å². The number of carbonyl (C=O) groups excluding carboxylic acids is 1. The van der Waals surface area contributed by atoms with Crippen LogP contribution in [0.2, 0.25) is 0 Å². The van der Waals surface area contributed by atoms with E-state index in [1.54, 1.807) is 11.3 Å². The number of hydrogen-bond acceptors (Lipinski definition) is 4. The Morgan fingerprint density at radius 2 is 1.86 bits per heavy atom. The first-order valence-corrected chi connectivity index (χ1v) is 12.0. The van der Waals surface area contributed by atoms with Crippen molar-refractivity contribution in [2.24, 2.45) is 0 Å². The number of benzene rings is 2. The molecule has 0 aliphatic carbocycles. The largest absolute Gasteiger partial charge is 0.351 e. The quantitative estimate of drug-likeness (QED) is 0.576. The molecule has 0 saturated heterocycles. The molecule has 2 aromatic carbocycles. The highest BCUT2D eigenvalue weighted by Crippen LogP contribution is 2.45. The molecule has 0 atom stereocenters. The molecular formula is C24H24N2OS2. The van der Waals surface area contributed by atoms with E-state index in [1.165, 1.54) is 32.0 Å². The van der Waals surface area contributed by atoms with E-state index in [0.717, 1.165) is 49.7 Å². The Morgan fingerprint density at radius 1 is 1.03 bits per heavy atom. The van der Waals surface area contributed by atoms with Gasteiger partial charge >= 0.3 is 0 Å². The molecule has 0 bridgehead atoms. The summed E-state index contributed by atoms with van der Waals surface area (Å²) in [5, 5.41) is 3.13. The average Bonchev–Trinajstić information content (AvgIpc) is 3.21. The fraction of sp³-hybridized carbons (Fsp3) is 0.292. The van der Waals surface area contributed by atoms with Crippen LogP contribution in [0.25, 0.3) is 10.4 Å². The first-order chi connectivity index (χ1) is 14.3. The predicted octanol–water partition coefficient (Wildman–Crippen LogP) is 5.20. The minimum absolute atomic E-state index is 0.0656. The van der Waals surface area contributed by atoms with Crippen molar-refractivity contribution < 1.29 is 4.79 Å². The summed E-state index contributed by atoms with van der Waals surface area (Å²) in [7, 11) is 0. The van der Waals surface area contributed by atoms with Crippen LogP contribution < -0.4 is 5.32 Å². The Hall–Kier alpha value is -2.08. The third-order valence-electron chi connectivity index (χ3n) is 5.69. The molecule has 1 aromatic heterocycles.